The van der Waals surface area contributed by atoms with Gasteiger partial charge in [-0.2, -0.15) is 0 Å². The molecule has 0 fully saturated rings. The normalized spacial score (nSPS) is 9.84. The number of carbonyl (C=O) groups excluding carboxylic acids is 3. The van der Waals surface area contributed by atoms with Crippen molar-refractivity contribution in [2.24, 2.45) is 0 Å². The number of aryl methyl sites for hydroxylation is 1. The molecule has 0 amide bonds. The largest absolute Gasteiger partial charge is 0.497 e. The number of esters is 1. The molecule has 0 atom stereocenters. The molecule has 0 aromatic heterocycles. The molecule has 5 heteroatoms. The summed E-state index contributed by atoms with van der Waals surface area (Å²) in [5.74, 6) is -1.58. The minimum absolute atomic E-state index is 0.111. The maximum atomic E-state index is 11.9. The lowest BCUT2D eigenvalue weighted by atomic mass is 10.0. The van der Waals surface area contributed by atoms with Crippen LogP contribution in [0.3, 0.4) is 0 Å². The van der Waals surface area contributed by atoms with Crippen LogP contribution in [0.4, 0.5) is 0 Å². The molecule has 0 saturated heterocycles. The van der Waals surface area contributed by atoms with E-state index in [1.54, 1.807) is 32.0 Å². The van der Waals surface area contributed by atoms with Gasteiger partial charge in [0.15, 0.2) is 5.78 Å². The molecule has 102 valence electrons. The van der Waals surface area contributed by atoms with Crippen LogP contribution in [0.2, 0.25) is 0 Å². The Hall–Kier alpha value is -2.17. The number of Topliss-reactive ketones (excluding diaryl/α,β-unsaturated/α-hetero) is 2. The molecule has 1 rings (SSSR count). The quantitative estimate of drug-likeness (QED) is 0.338. The van der Waals surface area contributed by atoms with E-state index in [1.807, 2.05) is 0 Å². The summed E-state index contributed by atoms with van der Waals surface area (Å²) in [5, 5.41) is 0. The van der Waals surface area contributed by atoms with E-state index in [0.29, 0.717) is 16.9 Å². The number of methoxy groups -OCH3 is 1. The molecule has 5 nitrogen and oxygen atoms in total. The van der Waals surface area contributed by atoms with Gasteiger partial charge in [0.05, 0.1) is 20.1 Å². The SMILES string of the molecule is CCOC(=O)C(=O)CC(=O)c1ccc(OC)cc1C. The fraction of sp³-hybridized carbons (Fsp3) is 0.357. The molecule has 0 spiro atoms. The van der Waals surface area contributed by atoms with Crippen LogP contribution in [0.1, 0.15) is 29.3 Å². The van der Waals surface area contributed by atoms with Gasteiger partial charge in [-0.15, -0.1) is 0 Å². The summed E-state index contributed by atoms with van der Waals surface area (Å²) < 4.78 is 9.58. The number of benzene rings is 1. The molecule has 0 radical (unpaired) electrons. The van der Waals surface area contributed by atoms with E-state index in [4.69, 9.17) is 4.74 Å². The van der Waals surface area contributed by atoms with E-state index in [2.05, 4.69) is 4.74 Å². The number of hydrogen-bond acceptors (Lipinski definition) is 5. The monoisotopic (exact) mass is 264 g/mol. The topological polar surface area (TPSA) is 69.7 Å². The highest BCUT2D eigenvalue weighted by Crippen LogP contribution is 2.18. The molecular formula is C14H16O5. The zero-order valence-corrected chi connectivity index (χ0v) is 11.2. The molecule has 0 N–H and O–H groups in total. The summed E-state index contributed by atoms with van der Waals surface area (Å²) in [6.45, 7) is 3.45. The van der Waals surface area contributed by atoms with Crippen molar-refractivity contribution in [3.63, 3.8) is 0 Å². The van der Waals surface area contributed by atoms with Crippen LogP contribution in [-0.2, 0) is 14.3 Å². The number of hydrogen-bond donors (Lipinski definition) is 0. The van der Waals surface area contributed by atoms with Crippen molar-refractivity contribution in [1.82, 2.24) is 0 Å². The fourth-order valence-electron chi connectivity index (χ4n) is 1.60. The Balaban J connectivity index is 2.79. The lowest BCUT2D eigenvalue weighted by molar-refractivity contribution is -0.153. The zero-order chi connectivity index (χ0) is 14.4. The Kier molecular flexibility index (Phi) is 5.23. The van der Waals surface area contributed by atoms with Crippen LogP contribution in [0.5, 0.6) is 5.75 Å². The number of rotatable bonds is 6. The van der Waals surface area contributed by atoms with Gasteiger partial charge in [-0.1, -0.05) is 0 Å². The van der Waals surface area contributed by atoms with E-state index in [1.165, 1.54) is 7.11 Å². The van der Waals surface area contributed by atoms with Gasteiger partial charge in [-0.05, 0) is 37.6 Å². The Bertz CT molecular complexity index is 505. The number of carbonyl (C=O) groups is 3. The Morgan fingerprint density at radius 1 is 1.21 bits per heavy atom. The third-order valence-corrected chi connectivity index (χ3v) is 2.56. The van der Waals surface area contributed by atoms with Crippen LogP contribution in [0, 0.1) is 6.92 Å². The maximum Gasteiger partial charge on any atom is 0.375 e. The van der Waals surface area contributed by atoms with Gasteiger partial charge in [-0.25, -0.2) is 4.79 Å². The molecule has 0 heterocycles. The van der Waals surface area contributed by atoms with Gasteiger partial charge in [0, 0.05) is 5.56 Å². The van der Waals surface area contributed by atoms with Gasteiger partial charge < -0.3 is 9.47 Å². The number of ketones is 2. The van der Waals surface area contributed by atoms with Crippen molar-refractivity contribution in [3.05, 3.63) is 29.3 Å². The Morgan fingerprint density at radius 3 is 2.42 bits per heavy atom. The van der Waals surface area contributed by atoms with Gasteiger partial charge in [0.1, 0.15) is 5.75 Å². The van der Waals surface area contributed by atoms with E-state index in [9.17, 15) is 14.4 Å². The van der Waals surface area contributed by atoms with Gasteiger partial charge in [-0.3, -0.25) is 9.59 Å². The van der Waals surface area contributed by atoms with Gasteiger partial charge >= 0.3 is 5.97 Å². The predicted molar refractivity (Wildman–Crippen MR) is 68.3 cm³/mol. The highest BCUT2D eigenvalue weighted by molar-refractivity contribution is 6.38. The first kappa shape index (κ1) is 14.9. The minimum Gasteiger partial charge on any atom is -0.497 e. The molecule has 0 bridgehead atoms. The Labute approximate surface area is 111 Å². The first-order valence-corrected chi connectivity index (χ1v) is 5.87. The van der Waals surface area contributed by atoms with Crippen LogP contribution in [0.25, 0.3) is 0 Å². The van der Waals surface area contributed by atoms with Crippen LogP contribution in [0.15, 0.2) is 18.2 Å². The summed E-state index contributed by atoms with van der Waals surface area (Å²) in [6.07, 6.45) is -0.480. The maximum absolute atomic E-state index is 11.9. The highest BCUT2D eigenvalue weighted by atomic mass is 16.5. The average Bonchev–Trinajstić information content (AvgIpc) is 2.38. The van der Waals surface area contributed by atoms with Crippen molar-refractivity contribution < 1.29 is 23.9 Å². The first-order chi connectivity index (χ1) is 8.99. The van der Waals surface area contributed by atoms with E-state index >= 15 is 0 Å². The van der Waals surface area contributed by atoms with Crippen LogP contribution < -0.4 is 4.74 Å². The van der Waals surface area contributed by atoms with Crippen LogP contribution in [-0.4, -0.2) is 31.3 Å². The molecule has 0 unspecified atom stereocenters. The molecule has 1 aromatic carbocycles. The molecular weight excluding hydrogens is 248 g/mol. The van der Waals surface area contributed by atoms with E-state index in [0.717, 1.165) is 0 Å². The minimum atomic E-state index is -0.970. The predicted octanol–water partition coefficient (Wildman–Crippen LogP) is 1.71. The number of ether oxygens (including phenoxy) is 2. The second kappa shape index (κ2) is 6.68. The summed E-state index contributed by atoms with van der Waals surface area (Å²) in [7, 11) is 1.53. The van der Waals surface area contributed by atoms with Crippen molar-refractivity contribution in [2.45, 2.75) is 20.3 Å². The van der Waals surface area contributed by atoms with E-state index in [-0.39, 0.29) is 6.61 Å². The second-order valence-corrected chi connectivity index (χ2v) is 3.92. The third-order valence-electron chi connectivity index (χ3n) is 2.56. The summed E-state index contributed by atoms with van der Waals surface area (Å²) in [6, 6.07) is 4.91. The van der Waals surface area contributed by atoms with Gasteiger partial charge in [0.25, 0.3) is 0 Å². The third kappa shape index (κ3) is 3.91. The lowest BCUT2D eigenvalue weighted by Gasteiger charge is -2.06. The van der Waals surface area contributed by atoms with Gasteiger partial charge in [0.2, 0.25) is 5.78 Å². The molecule has 0 aliphatic rings. The fourth-order valence-corrected chi connectivity index (χ4v) is 1.60. The molecule has 0 aliphatic carbocycles. The van der Waals surface area contributed by atoms with Crippen molar-refractivity contribution in [2.75, 3.05) is 13.7 Å². The smallest absolute Gasteiger partial charge is 0.375 e. The summed E-state index contributed by atoms with van der Waals surface area (Å²) in [5.41, 5.74) is 1.10. The Morgan fingerprint density at radius 2 is 1.89 bits per heavy atom. The summed E-state index contributed by atoms with van der Waals surface area (Å²) >= 11 is 0. The highest BCUT2D eigenvalue weighted by Gasteiger charge is 2.20. The molecule has 0 saturated carbocycles. The zero-order valence-electron chi connectivity index (χ0n) is 11.2. The molecule has 0 aliphatic heterocycles. The van der Waals surface area contributed by atoms with Crippen molar-refractivity contribution in [1.29, 1.82) is 0 Å². The lowest BCUT2D eigenvalue weighted by Crippen LogP contribution is -2.21. The second-order valence-electron chi connectivity index (χ2n) is 3.92. The van der Waals surface area contributed by atoms with Crippen molar-refractivity contribution in [3.8, 4) is 5.75 Å². The molecule has 1 aromatic rings. The molecule has 19 heavy (non-hydrogen) atoms. The standard InChI is InChI=1S/C14H16O5/c1-4-19-14(17)13(16)8-12(15)11-6-5-10(18-3)7-9(11)2/h5-7H,4,8H2,1-3H3. The van der Waals surface area contributed by atoms with Crippen LogP contribution >= 0.6 is 0 Å². The van der Waals surface area contributed by atoms with Crippen molar-refractivity contribution >= 4 is 17.5 Å². The summed E-state index contributed by atoms with van der Waals surface area (Å²) in [4.78, 5) is 34.5. The first-order valence-electron chi connectivity index (χ1n) is 5.87. The average molecular weight is 264 g/mol. The van der Waals surface area contributed by atoms with E-state index < -0.39 is 24.0 Å².